The fraction of sp³-hybridized carbons (Fsp3) is 1.00. The van der Waals surface area contributed by atoms with Crippen molar-refractivity contribution in [2.45, 2.75) is 273 Å². The summed E-state index contributed by atoms with van der Waals surface area (Å²) < 4.78 is 0. The van der Waals surface area contributed by atoms with Crippen LogP contribution < -0.4 is 0 Å². The lowest BCUT2D eigenvalue weighted by atomic mass is 9.19. The summed E-state index contributed by atoms with van der Waals surface area (Å²) in [5.41, 5.74) is 1.97. The molecule has 0 bridgehead atoms. The Morgan fingerprint density at radius 2 is 1.15 bits per heavy atom. The SMILES string of the molecule is CCCCCCC(CCC(C)C)(CC(C)(C)C)C1(CCCCC)CC(C)(CC)C(CCC)(C(C)C)C(CCCC)(CC(C)C)C1(C(C)CC)C(C)(C)C. The Kier molecular flexibility index (Phi) is 19.8. The molecule has 0 saturated heterocycles. The summed E-state index contributed by atoms with van der Waals surface area (Å²) in [6.45, 7) is 53.2. The zero-order valence-electron chi connectivity index (χ0n) is 41.2. The summed E-state index contributed by atoms with van der Waals surface area (Å²) in [4.78, 5) is 0. The van der Waals surface area contributed by atoms with Gasteiger partial charge < -0.3 is 0 Å². The first-order chi connectivity index (χ1) is 24.5. The maximum absolute atomic E-state index is 2.92. The molecule has 1 aliphatic carbocycles. The van der Waals surface area contributed by atoms with Crippen LogP contribution in [0.25, 0.3) is 0 Å². The van der Waals surface area contributed by atoms with Crippen molar-refractivity contribution in [3.05, 3.63) is 0 Å². The van der Waals surface area contributed by atoms with Crippen molar-refractivity contribution in [1.29, 1.82) is 0 Å². The van der Waals surface area contributed by atoms with E-state index in [0.29, 0.717) is 23.2 Å². The molecule has 0 aliphatic heterocycles. The van der Waals surface area contributed by atoms with Crippen molar-refractivity contribution in [2.75, 3.05) is 0 Å². The monoisotopic (exact) mass is 743 g/mol. The highest BCUT2D eigenvalue weighted by atomic mass is 14.9. The molecule has 318 valence electrons. The van der Waals surface area contributed by atoms with Crippen molar-refractivity contribution in [3.63, 3.8) is 0 Å². The average molecular weight is 743 g/mol. The molecule has 0 heterocycles. The van der Waals surface area contributed by atoms with Crippen molar-refractivity contribution in [1.82, 2.24) is 0 Å². The largest absolute Gasteiger partial charge is 0.0654 e. The molecule has 0 aromatic heterocycles. The van der Waals surface area contributed by atoms with Crippen LogP contribution >= 0.6 is 0 Å². The Balaban J connectivity index is 5.26. The second-order valence-electron chi connectivity index (χ2n) is 23.4. The predicted octanol–water partition coefficient (Wildman–Crippen LogP) is 18.9. The summed E-state index contributed by atoms with van der Waals surface area (Å²) in [5.74, 6) is 2.73. The molecule has 0 N–H and O–H groups in total. The van der Waals surface area contributed by atoms with Crippen LogP contribution in [0.1, 0.15) is 273 Å². The van der Waals surface area contributed by atoms with Gasteiger partial charge in [-0.05, 0) is 118 Å². The van der Waals surface area contributed by atoms with Crippen LogP contribution in [0, 0.1) is 67.0 Å². The Morgan fingerprint density at radius 3 is 1.57 bits per heavy atom. The van der Waals surface area contributed by atoms with E-state index in [1.807, 2.05) is 0 Å². The molecule has 1 fully saturated rings. The van der Waals surface area contributed by atoms with Gasteiger partial charge in [0.2, 0.25) is 0 Å². The second-order valence-corrected chi connectivity index (χ2v) is 23.4. The zero-order valence-corrected chi connectivity index (χ0v) is 41.2. The Bertz CT molecular complexity index is 1000. The van der Waals surface area contributed by atoms with Gasteiger partial charge in [-0.15, -0.1) is 0 Å². The molecule has 7 unspecified atom stereocenters. The van der Waals surface area contributed by atoms with E-state index in [4.69, 9.17) is 0 Å². The molecular formula is C53H106. The van der Waals surface area contributed by atoms with Gasteiger partial charge in [0, 0.05) is 0 Å². The Morgan fingerprint density at radius 1 is 0.585 bits per heavy atom. The molecule has 0 nitrogen and oxygen atoms in total. The van der Waals surface area contributed by atoms with E-state index in [-0.39, 0.29) is 37.9 Å². The molecule has 0 aromatic carbocycles. The van der Waals surface area contributed by atoms with Crippen LogP contribution in [0.2, 0.25) is 0 Å². The summed E-state index contributed by atoms with van der Waals surface area (Å²) in [6.07, 6.45) is 28.9. The molecule has 53 heavy (non-hydrogen) atoms. The highest BCUT2D eigenvalue weighted by molar-refractivity contribution is 5.30. The minimum absolute atomic E-state index is 0.157. The molecule has 1 aliphatic rings. The third-order valence-electron chi connectivity index (χ3n) is 16.6. The number of rotatable bonds is 25. The van der Waals surface area contributed by atoms with Crippen LogP contribution in [-0.4, -0.2) is 0 Å². The fourth-order valence-electron chi connectivity index (χ4n) is 16.0. The predicted molar refractivity (Wildman–Crippen MR) is 244 cm³/mol. The highest BCUT2D eigenvalue weighted by Gasteiger charge is 2.82. The third-order valence-corrected chi connectivity index (χ3v) is 16.6. The van der Waals surface area contributed by atoms with Gasteiger partial charge in [0.15, 0.2) is 0 Å². The van der Waals surface area contributed by atoms with Gasteiger partial charge in [-0.1, -0.05) is 222 Å². The van der Waals surface area contributed by atoms with E-state index < -0.39 is 0 Å². The van der Waals surface area contributed by atoms with Crippen LogP contribution in [0.5, 0.6) is 0 Å². The lowest BCUT2D eigenvalue weighted by molar-refractivity contribution is -0.375. The lowest BCUT2D eigenvalue weighted by Crippen LogP contribution is -2.79. The van der Waals surface area contributed by atoms with E-state index >= 15 is 0 Å². The maximum Gasteiger partial charge on any atom is -0.00992 e. The molecule has 0 radical (unpaired) electrons. The van der Waals surface area contributed by atoms with Gasteiger partial charge >= 0.3 is 0 Å². The first-order valence-electron chi connectivity index (χ1n) is 24.5. The van der Waals surface area contributed by atoms with E-state index in [0.717, 1.165) is 5.92 Å². The molecule has 1 rings (SSSR count). The maximum atomic E-state index is 2.92. The zero-order chi connectivity index (χ0) is 41.2. The molecule has 7 atom stereocenters. The van der Waals surface area contributed by atoms with Crippen LogP contribution in [0.4, 0.5) is 0 Å². The quantitative estimate of drug-likeness (QED) is 0.0817. The van der Waals surface area contributed by atoms with Gasteiger partial charge in [-0.25, -0.2) is 0 Å². The standard InChI is InChI=1S/C53H106/c1-21-27-30-32-35-49(38-33-42(7)8,40-46(14,15)16)51(37-31-28-22-2)41-48(20,26-6)52(34-24-4,44(11)12)50(36-29-23-3,39-43(9)10)53(51,45(13)25-5)47(17,18)19/h42-45H,21-41H2,1-20H3. The summed E-state index contributed by atoms with van der Waals surface area (Å²) in [6, 6.07) is 0. The van der Waals surface area contributed by atoms with Gasteiger partial charge in [0.1, 0.15) is 0 Å². The minimum atomic E-state index is 0.157. The van der Waals surface area contributed by atoms with Crippen molar-refractivity contribution in [3.8, 4) is 0 Å². The lowest BCUT2D eigenvalue weighted by Gasteiger charge is -2.85. The molecule has 1 saturated carbocycles. The van der Waals surface area contributed by atoms with Gasteiger partial charge in [0.25, 0.3) is 0 Å². The summed E-state index contributed by atoms with van der Waals surface area (Å²) in [5, 5.41) is 0. The van der Waals surface area contributed by atoms with Gasteiger partial charge in [0.05, 0.1) is 0 Å². The molecule has 0 spiro atoms. The number of unbranched alkanes of at least 4 members (excludes halogenated alkanes) is 6. The minimum Gasteiger partial charge on any atom is -0.0654 e. The van der Waals surface area contributed by atoms with E-state index in [2.05, 4.69) is 138 Å². The normalized spacial score (nSPS) is 30.4. The first-order valence-corrected chi connectivity index (χ1v) is 24.5. The van der Waals surface area contributed by atoms with E-state index in [9.17, 15) is 0 Å². The van der Waals surface area contributed by atoms with Crippen LogP contribution in [0.3, 0.4) is 0 Å². The Hall–Kier alpha value is 0. The average Bonchev–Trinajstić information content (AvgIpc) is 3.04. The van der Waals surface area contributed by atoms with Crippen molar-refractivity contribution >= 4 is 0 Å². The van der Waals surface area contributed by atoms with Gasteiger partial charge in [-0.3, -0.25) is 0 Å². The van der Waals surface area contributed by atoms with Crippen LogP contribution in [-0.2, 0) is 0 Å². The fourth-order valence-corrected chi connectivity index (χ4v) is 16.0. The number of hydrogen-bond donors (Lipinski definition) is 0. The van der Waals surface area contributed by atoms with Gasteiger partial charge in [-0.2, -0.15) is 0 Å². The smallest absolute Gasteiger partial charge is 0.00992 e. The molecule has 0 amide bonds. The van der Waals surface area contributed by atoms with E-state index in [1.54, 1.807) is 0 Å². The van der Waals surface area contributed by atoms with E-state index in [1.165, 1.54) is 135 Å². The molecule has 0 aromatic rings. The topological polar surface area (TPSA) is 0 Å². The molecule has 0 heteroatoms. The first kappa shape index (κ1) is 51.0. The highest BCUT2D eigenvalue weighted by Crippen LogP contribution is 2.88. The van der Waals surface area contributed by atoms with Crippen molar-refractivity contribution in [2.24, 2.45) is 67.0 Å². The summed E-state index contributed by atoms with van der Waals surface area (Å²) in [7, 11) is 0. The molecular weight excluding hydrogens is 637 g/mol. The number of hydrogen-bond acceptors (Lipinski definition) is 0. The third kappa shape index (κ3) is 9.66. The van der Waals surface area contributed by atoms with Crippen molar-refractivity contribution < 1.29 is 0 Å². The summed E-state index contributed by atoms with van der Waals surface area (Å²) >= 11 is 0. The second kappa shape index (κ2) is 20.6. The Labute approximate surface area is 339 Å². The van der Waals surface area contributed by atoms with Crippen LogP contribution in [0.15, 0.2) is 0 Å².